The van der Waals surface area contributed by atoms with Gasteiger partial charge in [-0.1, -0.05) is 30.3 Å². The predicted octanol–water partition coefficient (Wildman–Crippen LogP) is 1.08. The van der Waals surface area contributed by atoms with Gasteiger partial charge in [-0.05, 0) is 24.8 Å². The summed E-state index contributed by atoms with van der Waals surface area (Å²) < 4.78 is 0. The van der Waals surface area contributed by atoms with Gasteiger partial charge in [0.1, 0.15) is 0 Å². The van der Waals surface area contributed by atoms with Crippen LogP contribution in [0.2, 0.25) is 0 Å². The molecule has 0 aliphatic rings. The molecule has 0 saturated carbocycles. The molecular formula is C12H18N2O. The van der Waals surface area contributed by atoms with Crippen molar-refractivity contribution in [3.05, 3.63) is 35.9 Å². The van der Waals surface area contributed by atoms with Gasteiger partial charge in [0.15, 0.2) is 0 Å². The van der Waals surface area contributed by atoms with Gasteiger partial charge >= 0.3 is 0 Å². The minimum absolute atomic E-state index is 0.0743. The molecule has 15 heavy (non-hydrogen) atoms. The highest BCUT2D eigenvalue weighted by atomic mass is 16.1. The molecule has 1 aromatic carbocycles. The lowest BCUT2D eigenvalue weighted by Crippen LogP contribution is -2.30. The summed E-state index contributed by atoms with van der Waals surface area (Å²) in [4.78, 5) is 10.8. The Morgan fingerprint density at radius 1 is 1.20 bits per heavy atom. The van der Waals surface area contributed by atoms with Crippen LogP contribution in [0.5, 0.6) is 0 Å². The molecule has 0 aliphatic heterocycles. The normalized spacial score (nSPS) is 9.93. The van der Waals surface area contributed by atoms with Crippen LogP contribution in [0.4, 0.5) is 0 Å². The monoisotopic (exact) mass is 206 g/mol. The van der Waals surface area contributed by atoms with E-state index in [4.69, 9.17) is 5.73 Å². The van der Waals surface area contributed by atoms with Crippen molar-refractivity contribution in [1.29, 1.82) is 0 Å². The topological polar surface area (TPSA) is 55.1 Å². The molecule has 0 bridgehead atoms. The van der Waals surface area contributed by atoms with Crippen LogP contribution in [0.25, 0.3) is 0 Å². The summed E-state index contributed by atoms with van der Waals surface area (Å²) in [6, 6.07) is 10.4. The van der Waals surface area contributed by atoms with Gasteiger partial charge in [-0.3, -0.25) is 4.79 Å². The van der Waals surface area contributed by atoms with Gasteiger partial charge in [0.05, 0.1) is 6.54 Å². The van der Waals surface area contributed by atoms with Gasteiger partial charge in [0.2, 0.25) is 5.91 Å². The number of unbranched alkanes of at least 4 members (excludes halogenated alkanes) is 1. The molecule has 0 saturated heterocycles. The maximum atomic E-state index is 10.8. The van der Waals surface area contributed by atoms with Crippen LogP contribution >= 0.6 is 0 Å². The molecule has 0 radical (unpaired) electrons. The summed E-state index contributed by atoms with van der Waals surface area (Å²) in [6.07, 6.45) is 3.16. The molecule has 0 atom stereocenters. The minimum atomic E-state index is -0.0743. The Kier molecular flexibility index (Phi) is 5.48. The lowest BCUT2D eigenvalue weighted by Gasteiger charge is -2.03. The standard InChI is InChI=1S/C12H18N2O/c13-10-12(15)14-9-5-4-8-11-6-2-1-3-7-11/h1-3,6-7H,4-5,8-10,13H2,(H,14,15). The van der Waals surface area contributed by atoms with Gasteiger partial charge in [0.25, 0.3) is 0 Å². The van der Waals surface area contributed by atoms with E-state index in [0.717, 1.165) is 25.8 Å². The highest BCUT2D eigenvalue weighted by Crippen LogP contribution is 2.03. The third-order valence-electron chi connectivity index (χ3n) is 2.24. The molecule has 0 heterocycles. The molecule has 0 aliphatic carbocycles. The van der Waals surface area contributed by atoms with E-state index in [1.807, 2.05) is 18.2 Å². The predicted molar refractivity (Wildman–Crippen MR) is 61.4 cm³/mol. The Morgan fingerprint density at radius 3 is 2.60 bits per heavy atom. The zero-order valence-electron chi connectivity index (χ0n) is 8.91. The van der Waals surface area contributed by atoms with E-state index in [2.05, 4.69) is 17.4 Å². The van der Waals surface area contributed by atoms with Crippen molar-refractivity contribution in [3.63, 3.8) is 0 Å². The van der Waals surface area contributed by atoms with Crippen molar-refractivity contribution in [2.75, 3.05) is 13.1 Å². The SMILES string of the molecule is NCC(=O)NCCCCc1ccccc1. The van der Waals surface area contributed by atoms with E-state index >= 15 is 0 Å². The number of hydrogen-bond acceptors (Lipinski definition) is 2. The number of amides is 1. The molecule has 3 N–H and O–H groups in total. The van der Waals surface area contributed by atoms with Crippen LogP contribution in [-0.2, 0) is 11.2 Å². The average molecular weight is 206 g/mol. The first-order valence-electron chi connectivity index (χ1n) is 5.33. The van der Waals surface area contributed by atoms with Crippen molar-refractivity contribution in [3.8, 4) is 0 Å². The summed E-state index contributed by atoms with van der Waals surface area (Å²) in [5.74, 6) is -0.0743. The van der Waals surface area contributed by atoms with Crippen molar-refractivity contribution in [1.82, 2.24) is 5.32 Å². The quantitative estimate of drug-likeness (QED) is 0.684. The van der Waals surface area contributed by atoms with Gasteiger partial charge < -0.3 is 11.1 Å². The number of nitrogens with one attached hydrogen (secondary N) is 1. The van der Waals surface area contributed by atoms with E-state index in [9.17, 15) is 4.79 Å². The Balaban J connectivity index is 2.05. The molecular weight excluding hydrogens is 188 g/mol. The third-order valence-corrected chi connectivity index (χ3v) is 2.24. The molecule has 1 rings (SSSR count). The van der Waals surface area contributed by atoms with Crippen LogP contribution in [0.1, 0.15) is 18.4 Å². The van der Waals surface area contributed by atoms with Crippen LogP contribution in [-0.4, -0.2) is 19.0 Å². The number of benzene rings is 1. The lowest BCUT2D eigenvalue weighted by atomic mass is 10.1. The summed E-state index contributed by atoms with van der Waals surface area (Å²) >= 11 is 0. The first-order chi connectivity index (χ1) is 7.33. The maximum Gasteiger partial charge on any atom is 0.233 e. The lowest BCUT2D eigenvalue weighted by molar-refractivity contribution is -0.119. The molecule has 1 aromatic rings. The molecule has 3 nitrogen and oxygen atoms in total. The molecule has 0 spiro atoms. The van der Waals surface area contributed by atoms with Crippen molar-refractivity contribution >= 4 is 5.91 Å². The number of nitrogens with two attached hydrogens (primary N) is 1. The smallest absolute Gasteiger partial charge is 0.233 e. The summed E-state index contributed by atoms with van der Waals surface area (Å²) in [5, 5.41) is 2.75. The van der Waals surface area contributed by atoms with Crippen LogP contribution in [0.3, 0.4) is 0 Å². The van der Waals surface area contributed by atoms with Crippen molar-refractivity contribution < 1.29 is 4.79 Å². The van der Waals surface area contributed by atoms with E-state index < -0.39 is 0 Å². The molecule has 0 unspecified atom stereocenters. The zero-order chi connectivity index (χ0) is 10.9. The number of carbonyl (C=O) groups is 1. The van der Waals surface area contributed by atoms with E-state index in [1.54, 1.807) is 0 Å². The second-order valence-corrected chi connectivity index (χ2v) is 3.50. The highest BCUT2D eigenvalue weighted by Gasteiger charge is 1.96. The van der Waals surface area contributed by atoms with E-state index in [1.165, 1.54) is 5.56 Å². The number of hydrogen-bond donors (Lipinski definition) is 2. The van der Waals surface area contributed by atoms with Crippen LogP contribution < -0.4 is 11.1 Å². The second-order valence-electron chi connectivity index (χ2n) is 3.50. The van der Waals surface area contributed by atoms with Crippen LogP contribution in [0, 0.1) is 0 Å². The fourth-order valence-electron chi connectivity index (χ4n) is 1.40. The number of carbonyl (C=O) groups excluding carboxylic acids is 1. The summed E-state index contributed by atoms with van der Waals surface area (Å²) in [7, 11) is 0. The molecule has 3 heteroatoms. The van der Waals surface area contributed by atoms with Crippen molar-refractivity contribution in [2.24, 2.45) is 5.73 Å². The Labute approximate surface area is 90.7 Å². The Hall–Kier alpha value is -1.35. The molecule has 1 amide bonds. The second kappa shape index (κ2) is 7.01. The van der Waals surface area contributed by atoms with E-state index in [-0.39, 0.29) is 12.5 Å². The van der Waals surface area contributed by atoms with Gasteiger partial charge in [-0.2, -0.15) is 0 Å². The zero-order valence-corrected chi connectivity index (χ0v) is 8.91. The minimum Gasteiger partial charge on any atom is -0.355 e. The van der Waals surface area contributed by atoms with Gasteiger partial charge in [0, 0.05) is 6.54 Å². The first kappa shape index (κ1) is 11.7. The maximum absolute atomic E-state index is 10.8. The first-order valence-corrected chi connectivity index (χ1v) is 5.33. The molecule has 0 aromatic heterocycles. The molecule has 0 fully saturated rings. The molecule has 82 valence electrons. The van der Waals surface area contributed by atoms with Crippen LogP contribution in [0.15, 0.2) is 30.3 Å². The highest BCUT2D eigenvalue weighted by molar-refractivity contribution is 5.77. The number of rotatable bonds is 6. The number of aryl methyl sites for hydroxylation is 1. The van der Waals surface area contributed by atoms with Gasteiger partial charge in [-0.25, -0.2) is 0 Å². The largest absolute Gasteiger partial charge is 0.355 e. The van der Waals surface area contributed by atoms with Gasteiger partial charge in [-0.15, -0.1) is 0 Å². The Morgan fingerprint density at radius 2 is 1.93 bits per heavy atom. The average Bonchev–Trinajstić information content (AvgIpc) is 2.29. The fraction of sp³-hybridized carbons (Fsp3) is 0.417. The van der Waals surface area contributed by atoms with Crippen molar-refractivity contribution in [2.45, 2.75) is 19.3 Å². The summed E-state index contributed by atoms with van der Waals surface area (Å²) in [5.41, 5.74) is 6.52. The fourth-order valence-corrected chi connectivity index (χ4v) is 1.40. The van der Waals surface area contributed by atoms with E-state index in [0.29, 0.717) is 0 Å². The summed E-state index contributed by atoms with van der Waals surface area (Å²) in [6.45, 7) is 0.807. The Bertz CT molecular complexity index is 285. The third kappa shape index (κ3) is 5.18.